The van der Waals surface area contributed by atoms with E-state index < -0.39 is 0 Å². The van der Waals surface area contributed by atoms with Gasteiger partial charge in [-0.15, -0.1) is 0 Å². The van der Waals surface area contributed by atoms with Crippen molar-refractivity contribution in [2.45, 2.75) is 13.0 Å². The van der Waals surface area contributed by atoms with Gasteiger partial charge in [-0.2, -0.15) is 0 Å². The summed E-state index contributed by atoms with van der Waals surface area (Å²) in [6.07, 6.45) is -0.133. The van der Waals surface area contributed by atoms with Gasteiger partial charge in [-0.05, 0) is 30.7 Å². The average Bonchev–Trinajstić information content (AvgIpc) is 2.42. The Labute approximate surface area is 114 Å². The molecule has 5 nitrogen and oxygen atoms in total. The molecular weight excluding hydrogens is 244 g/mol. The number of benzene rings is 1. The summed E-state index contributed by atoms with van der Waals surface area (Å²) < 4.78 is 10.2. The summed E-state index contributed by atoms with van der Waals surface area (Å²) in [5.74, 6) is -0.107. The van der Waals surface area contributed by atoms with Crippen molar-refractivity contribution in [3.05, 3.63) is 29.3 Å². The molecule has 106 valence electrons. The number of amides is 1. The number of ether oxygens (including phenoxy) is 2. The van der Waals surface area contributed by atoms with Gasteiger partial charge in [0.25, 0.3) is 5.91 Å². The number of aryl methyl sites for hydroxylation is 1. The normalized spacial score (nSPS) is 12.0. The highest BCUT2D eigenvalue weighted by Crippen LogP contribution is 2.15. The molecule has 5 heteroatoms. The molecule has 0 bridgehead atoms. The Morgan fingerprint density at radius 2 is 2.11 bits per heavy atom. The second kappa shape index (κ2) is 7.76. The molecule has 1 aromatic carbocycles. The maximum Gasteiger partial charge on any atom is 0.251 e. The second-order valence-corrected chi connectivity index (χ2v) is 4.30. The molecule has 0 radical (unpaired) electrons. The van der Waals surface area contributed by atoms with Gasteiger partial charge in [-0.3, -0.25) is 4.79 Å². The van der Waals surface area contributed by atoms with Crippen molar-refractivity contribution < 1.29 is 14.3 Å². The number of anilines is 1. The summed E-state index contributed by atoms with van der Waals surface area (Å²) in [5, 5.41) is 5.90. The smallest absolute Gasteiger partial charge is 0.251 e. The van der Waals surface area contributed by atoms with Crippen LogP contribution in [0.2, 0.25) is 0 Å². The van der Waals surface area contributed by atoms with E-state index in [-0.39, 0.29) is 12.0 Å². The Morgan fingerprint density at radius 3 is 2.63 bits per heavy atom. The van der Waals surface area contributed by atoms with Crippen LogP contribution in [-0.4, -0.2) is 46.4 Å². The maximum atomic E-state index is 12.0. The third-order valence-corrected chi connectivity index (χ3v) is 2.93. The van der Waals surface area contributed by atoms with Crippen LogP contribution in [0.5, 0.6) is 0 Å². The van der Waals surface area contributed by atoms with Crippen molar-refractivity contribution >= 4 is 11.6 Å². The van der Waals surface area contributed by atoms with Crippen molar-refractivity contribution in [2.75, 3.05) is 39.7 Å². The minimum atomic E-state index is -0.133. The Hall–Kier alpha value is -1.59. The molecule has 19 heavy (non-hydrogen) atoms. The minimum Gasteiger partial charge on any atom is -0.388 e. The zero-order chi connectivity index (χ0) is 14.3. The first-order valence-electron chi connectivity index (χ1n) is 6.20. The van der Waals surface area contributed by atoms with Gasteiger partial charge < -0.3 is 20.1 Å². The van der Waals surface area contributed by atoms with Gasteiger partial charge in [0.05, 0.1) is 12.7 Å². The van der Waals surface area contributed by atoms with E-state index in [0.717, 1.165) is 11.3 Å². The van der Waals surface area contributed by atoms with Crippen LogP contribution in [0.25, 0.3) is 0 Å². The number of carbonyl (C=O) groups excluding carboxylic acids is 1. The van der Waals surface area contributed by atoms with E-state index in [9.17, 15) is 4.79 Å². The first kappa shape index (κ1) is 15.5. The number of rotatable bonds is 7. The van der Waals surface area contributed by atoms with Crippen LogP contribution in [0.1, 0.15) is 15.9 Å². The van der Waals surface area contributed by atoms with Crippen molar-refractivity contribution in [1.82, 2.24) is 5.32 Å². The summed E-state index contributed by atoms with van der Waals surface area (Å²) in [4.78, 5) is 12.0. The van der Waals surface area contributed by atoms with E-state index >= 15 is 0 Å². The molecule has 0 aliphatic rings. The summed E-state index contributed by atoms with van der Waals surface area (Å²) >= 11 is 0. The molecule has 1 atom stereocenters. The first-order chi connectivity index (χ1) is 9.12. The Balaban J connectivity index is 2.60. The SMILES string of the molecule is CNc1ccc(C(=O)NCC(COC)OC)cc1C. The van der Waals surface area contributed by atoms with Crippen LogP contribution < -0.4 is 10.6 Å². The van der Waals surface area contributed by atoms with Crippen LogP contribution in [0.15, 0.2) is 18.2 Å². The van der Waals surface area contributed by atoms with E-state index in [4.69, 9.17) is 9.47 Å². The minimum absolute atomic E-state index is 0.107. The number of carbonyl (C=O) groups is 1. The fourth-order valence-electron chi connectivity index (χ4n) is 1.79. The second-order valence-electron chi connectivity index (χ2n) is 4.30. The summed E-state index contributed by atoms with van der Waals surface area (Å²) in [6.45, 7) is 2.84. The summed E-state index contributed by atoms with van der Waals surface area (Å²) in [6, 6.07) is 5.55. The average molecular weight is 266 g/mol. The lowest BCUT2D eigenvalue weighted by atomic mass is 10.1. The van der Waals surface area contributed by atoms with E-state index in [2.05, 4.69) is 10.6 Å². The van der Waals surface area contributed by atoms with Crippen LogP contribution in [0.3, 0.4) is 0 Å². The van der Waals surface area contributed by atoms with Crippen LogP contribution >= 0.6 is 0 Å². The fraction of sp³-hybridized carbons (Fsp3) is 0.500. The van der Waals surface area contributed by atoms with Crippen molar-refractivity contribution in [3.63, 3.8) is 0 Å². The molecule has 0 aromatic heterocycles. The number of methoxy groups -OCH3 is 2. The molecule has 1 aromatic rings. The highest BCUT2D eigenvalue weighted by molar-refractivity contribution is 5.94. The molecule has 0 heterocycles. The summed E-state index contributed by atoms with van der Waals surface area (Å²) in [5.41, 5.74) is 2.70. The number of hydrogen-bond donors (Lipinski definition) is 2. The first-order valence-corrected chi connectivity index (χ1v) is 6.20. The van der Waals surface area contributed by atoms with Crippen molar-refractivity contribution in [3.8, 4) is 0 Å². The van der Waals surface area contributed by atoms with E-state index in [0.29, 0.717) is 18.7 Å². The molecule has 0 aliphatic carbocycles. The molecule has 0 spiro atoms. The van der Waals surface area contributed by atoms with E-state index in [1.165, 1.54) is 0 Å². The van der Waals surface area contributed by atoms with Crippen LogP contribution in [0.4, 0.5) is 5.69 Å². The van der Waals surface area contributed by atoms with Crippen LogP contribution in [-0.2, 0) is 9.47 Å². The highest BCUT2D eigenvalue weighted by Gasteiger charge is 2.11. The van der Waals surface area contributed by atoms with E-state index in [1.54, 1.807) is 20.3 Å². The maximum absolute atomic E-state index is 12.0. The van der Waals surface area contributed by atoms with E-state index in [1.807, 2.05) is 26.1 Å². The summed E-state index contributed by atoms with van der Waals surface area (Å²) in [7, 11) is 5.06. The van der Waals surface area contributed by atoms with Gasteiger partial charge in [0.1, 0.15) is 0 Å². The van der Waals surface area contributed by atoms with Crippen molar-refractivity contribution in [2.24, 2.45) is 0 Å². The fourth-order valence-corrected chi connectivity index (χ4v) is 1.79. The highest BCUT2D eigenvalue weighted by atomic mass is 16.5. The van der Waals surface area contributed by atoms with Gasteiger partial charge in [0, 0.05) is 39.1 Å². The van der Waals surface area contributed by atoms with Crippen molar-refractivity contribution in [1.29, 1.82) is 0 Å². The van der Waals surface area contributed by atoms with Crippen LogP contribution in [0, 0.1) is 6.92 Å². The number of hydrogen-bond acceptors (Lipinski definition) is 4. The van der Waals surface area contributed by atoms with Gasteiger partial charge >= 0.3 is 0 Å². The Bertz CT molecular complexity index is 421. The predicted molar refractivity (Wildman–Crippen MR) is 75.7 cm³/mol. The molecule has 1 rings (SSSR count). The standard InChI is InChI=1S/C14H22N2O3/c1-10-7-11(5-6-13(10)15-2)14(17)16-8-12(19-4)9-18-3/h5-7,12,15H,8-9H2,1-4H3,(H,16,17). The Morgan fingerprint density at radius 1 is 1.37 bits per heavy atom. The lowest BCUT2D eigenvalue weighted by molar-refractivity contribution is 0.0285. The van der Waals surface area contributed by atoms with Gasteiger partial charge in [0.15, 0.2) is 0 Å². The molecular formula is C14H22N2O3. The lowest BCUT2D eigenvalue weighted by Gasteiger charge is -2.15. The lowest BCUT2D eigenvalue weighted by Crippen LogP contribution is -2.35. The van der Waals surface area contributed by atoms with Gasteiger partial charge in [0.2, 0.25) is 0 Å². The van der Waals surface area contributed by atoms with Gasteiger partial charge in [-0.25, -0.2) is 0 Å². The third kappa shape index (κ3) is 4.54. The molecule has 0 fully saturated rings. The third-order valence-electron chi connectivity index (χ3n) is 2.93. The largest absolute Gasteiger partial charge is 0.388 e. The molecule has 1 unspecified atom stereocenters. The molecule has 0 saturated carbocycles. The topological polar surface area (TPSA) is 59.6 Å². The molecule has 1 amide bonds. The monoisotopic (exact) mass is 266 g/mol. The predicted octanol–water partition coefficient (Wildman–Crippen LogP) is 1.43. The quantitative estimate of drug-likeness (QED) is 0.784. The zero-order valence-electron chi connectivity index (χ0n) is 11.9. The zero-order valence-corrected chi connectivity index (χ0v) is 11.9. The number of nitrogens with one attached hydrogen (secondary N) is 2. The molecule has 0 aliphatic heterocycles. The molecule has 2 N–H and O–H groups in total. The Kier molecular flexibility index (Phi) is 6.32. The molecule has 0 saturated heterocycles. The van der Waals surface area contributed by atoms with Gasteiger partial charge in [-0.1, -0.05) is 0 Å².